The molecule has 2 N–H and O–H groups in total. The van der Waals surface area contributed by atoms with Gasteiger partial charge in [0.2, 0.25) is 0 Å². The summed E-state index contributed by atoms with van der Waals surface area (Å²) in [6.45, 7) is 3.84. The lowest BCUT2D eigenvalue weighted by Gasteiger charge is -2.62. The fraction of sp³-hybridized carbons (Fsp3) is 0.636. The Balaban J connectivity index is 1.74. The van der Waals surface area contributed by atoms with Crippen LogP contribution in [-0.2, 0) is 14.3 Å². The molecule has 0 spiro atoms. The van der Waals surface area contributed by atoms with Crippen molar-refractivity contribution in [2.24, 2.45) is 22.7 Å². The predicted octanol–water partition coefficient (Wildman–Crippen LogP) is 2.32. The zero-order valence-corrected chi connectivity index (χ0v) is 16.4. The van der Waals surface area contributed by atoms with Crippen LogP contribution in [0.4, 0.5) is 0 Å². The maximum Gasteiger partial charge on any atom is 0.338 e. The van der Waals surface area contributed by atoms with E-state index in [0.29, 0.717) is 12.0 Å². The molecular formula is C22H28O6. The van der Waals surface area contributed by atoms with E-state index in [4.69, 9.17) is 9.47 Å². The van der Waals surface area contributed by atoms with Gasteiger partial charge in [0, 0.05) is 24.4 Å². The third kappa shape index (κ3) is 2.61. The Kier molecular flexibility index (Phi) is 4.55. The normalized spacial score (nSPS) is 42.3. The van der Waals surface area contributed by atoms with Gasteiger partial charge in [-0.05, 0) is 30.4 Å². The van der Waals surface area contributed by atoms with E-state index in [0.717, 1.165) is 12.8 Å². The van der Waals surface area contributed by atoms with Crippen LogP contribution < -0.4 is 0 Å². The van der Waals surface area contributed by atoms with Crippen molar-refractivity contribution in [3.05, 3.63) is 35.9 Å². The summed E-state index contributed by atoms with van der Waals surface area (Å²) in [7, 11) is 0. The van der Waals surface area contributed by atoms with Gasteiger partial charge in [-0.2, -0.15) is 0 Å². The molecule has 6 unspecified atom stereocenters. The lowest BCUT2D eigenvalue weighted by atomic mass is 9.44. The minimum absolute atomic E-state index is 0.0373. The average Bonchev–Trinajstić information content (AvgIpc) is 2.98. The van der Waals surface area contributed by atoms with Crippen LogP contribution in [0.25, 0.3) is 0 Å². The van der Waals surface area contributed by atoms with E-state index in [9.17, 15) is 19.8 Å². The predicted molar refractivity (Wildman–Crippen MR) is 100 cm³/mol. The van der Waals surface area contributed by atoms with Gasteiger partial charge in [0.25, 0.3) is 0 Å². The smallest absolute Gasteiger partial charge is 0.338 e. The van der Waals surface area contributed by atoms with Crippen molar-refractivity contribution in [1.29, 1.82) is 0 Å². The molecule has 4 rings (SSSR count). The molecule has 6 nitrogen and oxygen atoms in total. The largest absolute Gasteiger partial charge is 0.462 e. The molecule has 0 radical (unpaired) electrons. The van der Waals surface area contributed by atoms with Crippen molar-refractivity contribution in [3.63, 3.8) is 0 Å². The van der Waals surface area contributed by atoms with E-state index in [2.05, 4.69) is 0 Å². The highest BCUT2D eigenvalue weighted by molar-refractivity contribution is 5.89. The van der Waals surface area contributed by atoms with Crippen LogP contribution in [0.2, 0.25) is 0 Å². The second-order valence-electron chi connectivity index (χ2n) is 9.19. The first kappa shape index (κ1) is 19.4. The van der Waals surface area contributed by atoms with Gasteiger partial charge in [0.05, 0.1) is 11.5 Å². The third-order valence-electron chi connectivity index (χ3n) is 7.63. The van der Waals surface area contributed by atoms with Crippen molar-refractivity contribution in [3.8, 4) is 0 Å². The molecule has 1 heterocycles. The van der Waals surface area contributed by atoms with Crippen molar-refractivity contribution in [2.75, 3.05) is 13.2 Å². The van der Waals surface area contributed by atoms with E-state index in [1.54, 1.807) is 24.3 Å². The summed E-state index contributed by atoms with van der Waals surface area (Å²) >= 11 is 0. The Morgan fingerprint density at radius 1 is 1.25 bits per heavy atom. The van der Waals surface area contributed by atoms with E-state index in [-0.39, 0.29) is 25.6 Å². The summed E-state index contributed by atoms with van der Waals surface area (Å²) < 4.78 is 11.2. The Bertz CT molecular complexity index is 778. The Morgan fingerprint density at radius 3 is 2.64 bits per heavy atom. The molecule has 0 amide bonds. The van der Waals surface area contributed by atoms with E-state index in [1.165, 1.54) is 0 Å². The molecule has 3 aliphatic rings. The third-order valence-corrected chi connectivity index (χ3v) is 7.63. The van der Waals surface area contributed by atoms with Crippen LogP contribution in [0.15, 0.2) is 30.3 Å². The highest BCUT2D eigenvalue weighted by atomic mass is 16.6. The summed E-state index contributed by atoms with van der Waals surface area (Å²) in [4.78, 5) is 25.2. The maximum atomic E-state index is 12.8. The minimum Gasteiger partial charge on any atom is -0.462 e. The summed E-state index contributed by atoms with van der Waals surface area (Å²) in [5, 5.41) is 21.8. The van der Waals surface area contributed by atoms with Crippen LogP contribution >= 0.6 is 0 Å². The number of esters is 2. The number of hydrogen-bond donors (Lipinski definition) is 2. The van der Waals surface area contributed by atoms with Crippen LogP contribution in [-0.4, -0.2) is 47.1 Å². The standard InChI is InChI=1S/C22H28O6/c1-20(12-23)9-6-10-21(2)17(20)16(11-15-19(25)27-13-22(15,21)26)28-18(24)14-7-4-3-5-8-14/h3-5,7-8,15-17,23,26H,6,9-13H2,1-2H3. The number of aliphatic hydroxyl groups excluding tert-OH is 1. The average molecular weight is 388 g/mol. The molecule has 0 aromatic heterocycles. The van der Waals surface area contributed by atoms with Crippen molar-refractivity contribution >= 4 is 11.9 Å². The van der Waals surface area contributed by atoms with Crippen molar-refractivity contribution < 1.29 is 29.3 Å². The molecule has 1 aliphatic heterocycles. The molecule has 152 valence electrons. The monoisotopic (exact) mass is 388 g/mol. The number of benzene rings is 1. The first-order chi connectivity index (χ1) is 13.2. The fourth-order valence-electron chi connectivity index (χ4n) is 6.16. The van der Waals surface area contributed by atoms with Gasteiger partial charge in [-0.15, -0.1) is 0 Å². The van der Waals surface area contributed by atoms with Crippen molar-refractivity contribution in [2.45, 2.75) is 51.2 Å². The molecule has 6 heteroatoms. The van der Waals surface area contributed by atoms with Gasteiger partial charge in [-0.3, -0.25) is 4.79 Å². The second-order valence-corrected chi connectivity index (χ2v) is 9.19. The number of aliphatic hydroxyl groups is 2. The zero-order chi connectivity index (χ0) is 20.2. The first-order valence-corrected chi connectivity index (χ1v) is 10.0. The lowest BCUT2D eigenvalue weighted by molar-refractivity contribution is -0.238. The number of cyclic esters (lactones) is 1. The number of carbonyl (C=O) groups is 2. The fourth-order valence-corrected chi connectivity index (χ4v) is 6.16. The molecular weight excluding hydrogens is 360 g/mol. The maximum absolute atomic E-state index is 12.8. The molecule has 2 aliphatic carbocycles. The number of fused-ring (bicyclic) bond motifs is 3. The molecule has 1 aromatic rings. The number of ether oxygens (including phenoxy) is 2. The number of hydrogen-bond acceptors (Lipinski definition) is 6. The minimum atomic E-state index is -1.30. The summed E-state index contributed by atoms with van der Waals surface area (Å²) in [5.74, 6) is -1.87. The van der Waals surface area contributed by atoms with Crippen molar-refractivity contribution in [1.82, 2.24) is 0 Å². The summed E-state index contributed by atoms with van der Waals surface area (Å²) in [6, 6.07) is 8.75. The van der Waals surface area contributed by atoms with Gasteiger partial charge in [-0.1, -0.05) is 38.5 Å². The van der Waals surface area contributed by atoms with Gasteiger partial charge < -0.3 is 19.7 Å². The Hall–Kier alpha value is -1.92. The van der Waals surface area contributed by atoms with Gasteiger partial charge in [0.15, 0.2) is 0 Å². The molecule has 0 bridgehead atoms. The lowest BCUT2D eigenvalue weighted by Crippen LogP contribution is -2.68. The Labute approximate surface area is 164 Å². The number of carbonyl (C=O) groups excluding carboxylic acids is 2. The van der Waals surface area contributed by atoms with Crippen LogP contribution in [0.1, 0.15) is 49.9 Å². The highest BCUT2D eigenvalue weighted by Gasteiger charge is 2.71. The van der Waals surface area contributed by atoms with E-state index >= 15 is 0 Å². The summed E-state index contributed by atoms with van der Waals surface area (Å²) in [5.41, 5.74) is -2.07. The molecule has 1 aromatic carbocycles. The molecule has 1 saturated heterocycles. The summed E-state index contributed by atoms with van der Waals surface area (Å²) in [6.07, 6.45) is 1.93. The van der Waals surface area contributed by atoms with E-state index < -0.39 is 40.4 Å². The van der Waals surface area contributed by atoms with E-state index in [1.807, 2.05) is 19.9 Å². The molecule has 3 fully saturated rings. The molecule has 28 heavy (non-hydrogen) atoms. The van der Waals surface area contributed by atoms with Gasteiger partial charge in [0.1, 0.15) is 18.3 Å². The van der Waals surface area contributed by atoms with Crippen LogP contribution in [0.3, 0.4) is 0 Å². The van der Waals surface area contributed by atoms with Gasteiger partial charge in [-0.25, -0.2) is 4.79 Å². The SMILES string of the molecule is CC1(CO)CCCC2(C)C1C(OC(=O)c1ccccc1)CC1C(=O)OCC12O. The number of rotatable bonds is 3. The first-order valence-electron chi connectivity index (χ1n) is 10.0. The highest BCUT2D eigenvalue weighted by Crippen LogP contribution is 2.64. The van der Waals surface area contributed by atoms with Crippen LogP contribution in [0.5, 0.6) is 0 Å². The molecule has 6 atom stereocenters. The quantitative estimate of drug-likeness (QED) is 0.772. The Morgan fingerprint density at radius 2 is 1.96 bits per heavy atom. The topological polar surface area (TPSA) is 93.1 Å². The molecule has 2 saturated carbocycles. The van der Waals surface area contributed by atoms with Gasteiger partial charge >= 0.3 is 11.9 Å². The van der Waals surface area contributed by atoms with Crippen LogP contribution in [0, 0.1) is 22.7 Å². The second kappa shape index (κ2) is 6.56. The zero-order valence-electron chi connectivity index (χ0n) is 16.4.